The SMILES string of the molecule is O=C(Oc1ccc(C=Nc2cccc(C(F)(F)F)c2)cc1)c1cccnc1. The van der Waals surface area contributed by atoms with Crippen molar-refractivity contribution < 1.29 is 22.7 Å². The minimum absolute atomic E-state index is 0.192. The van der Waals surface area contributed by atoms with E-state index in [0.29, 0.717) is 16.9 Å². The molecule has 0 fully saturated rings. The number of esters is 1. The van der Waals surface area contributed by atoms with Crippen LogP contribution in [0.15, 0.2) is 78.0 Å². The Kier molecular flexibility index (Phi) is 5.30. The van der Waals surface area contributed by atoms with Crippen molar-refractivity contribution in [1.29, 1.82) is 0 Å². The van der Waals surface area contributed by atoms with Gasteiger partial charge in [0.05, 0.1) is 16.8 Å². The normalized spacial score (nSPS) is 11.5. The van der Waals surface area contributed by atoms with E-state index in [1.165, 1.54) is 24.5 Å². The number of rotatable bonds is 4. The number of hydrogen-bond donors (Lipinski definition) is 0. The molecule has 0 aliphatic rings. The molecule has 1 heterocycles. The van der Waals surface area contributed by atoms with Gasteiger partial charge in [0.2, 0.25) is 0 Å². The molecule has 0 spiro atoms. The smallest absolute Gasteiger partial charge is 0.416 e. The fraction of sp³-hybridized carbons (Fsp3) is 0.0500. The van der Waals surface area contributed by atoms with Gasteiger partial charge in [0.15, 0.2) is 0 Å². The highest BCUT2D eigenvalue weighted by Crippen LogP contribution is 2.31. The van der Waals surface area contributed by atoms with Gasteiger partial charge in [-0.1, -0.05) is 6.07 Å². The van der Waals surface area contributed by atoms with Crippen molar-refractivity contribution in [3.63, 3.8) is 0 Å². The van der Waals surface area contributed by atoms with E-state index in [1.54, 1.807) is 42.6 Å². The van der Waals surface area contributed by atoms with Gasteiger partial charge in [0.25, 0.3) is 0 Å². The molecule has 2 aromatic carbocycles. The zero-order valence-corrected chi connectivity index (χ0v) is 13.9. The summed E-state index contributed by atoms with van der Waals surface area (Å²) in [7, 11) is 0. The molecule has 0 saturated heterocycles. The Bertz CT molecular complexity index is 953. The van der Waals surface area contributed by atoms with Crippen molar-refractivity contribution in [1.82, 2.24) is 4.98 Å². The predicted octanol–water partition coefficient (Wildman–Crippen LogP) is 5.07. The number of aromatic nitrogens is 1. The number of pyridine rings is 1. The van der Waals surface area contributed by atoms with Crippen molar-refractivity contribution >= 4 is 17.9 Å². The Morgan fingerprint density at radius 1 is 1.04 bits per heavy atom. The number of aliphatic imine (C=N–C) groups is 1. The van der Waals surface area contributed by atoms with Crippen LogP contribution in [-0.4, -0.2) is 17.2 Å². The van der Waals surface area contributed by atoms with Crippen molar-refractivity contribution in [2.24, 2.45) is 4.99 Å². The van der Waals surface area contributed by atoms with Crippen molar-refractivity contribution in [3.05, 3.63) is 89.7 Å². The van der Waals surface area contributed by atoms with Gasteiger partial charge < -0.3 is 4.74 Å². The van der Waals surface area contributed by atoms with Gasteiger partial charge in [-0.3, -0.25) is 9.98 Å². The van der Waals surface area contributed by atoms with Crippen LogP contribution in [0, 0.1) is 0 Å². The molecule has 0 aliphatic heterocycles. The van der Waals surface area contributed by atoms with Gasteiger partial charge in [-0.15, -0.1) is 0 Å². The van der Waals surface area contributed by atoms with Crippen molar-refractivity contribution in [3.8, 4) is 5.75 Å². The Labute approximate surface area is 153 Å². The third-order valence-corrected chi connectivity index (χ3v) is 3.52. The molecule has 0 unspecified atom stereocenters. The molecule has 0 bridgehead atoms. The first-order valence-corrected chi connectivity index (χ1v) is 7.85. The quantitative estimate of drug-likeness (QED) is 0.366. The second kappa shape index (κ2) is 7.82. The maximum atomic E-state index is 12.7. The van der Waals surface area contributed by atoms with E-state index >= 15 is 0 Å². The number of nitrogens with zero attached hydrogens (tertiary/aromatic N) is 2. The molecular weight excluding hydrogens is 357 g/mol. The van der Waals surface area contributed by atoms with Crippen LogP contribution in [0.2, 0.25) is 0 Å². The highest BCUT2D eigenvalue weighted by Gasteiger charge is 2.30. The van der Waals surface area contributed by atoms with Crippen molar-refractivity contribution in [2.75, 3.05) is 0 Å². The van der Waals surface area contributed by atoms with Gasteiger partial charge in [-0.2, -0.15) is 13.2 Å². The first kappa shape index (κ1) is 18.3. The summed E-state index contributed by atoms with van der Waals surface area (Å²) >= 11 is 0. The average molecular weight is 370 g/mol. The third-order valence-electron chi connectivity index (χ3n) is 3.52. The van der Waals surface area contributed by atoms with Gasteiger partial charge in [0, 0.05) is 18.6 Å². The summed E-state index contributed by atoms with van der Waals surface area (Å²) in [5.74, 6) is -0.200. The minimum Gasteiger partial charge on any atom is -0.423 e. The van der Waals surface area contributed by atoms with E-state index in [0.717, 1.165) is 12.1 Å². The molecule has 3 aromatic rings. The maximum absolute atomic E-state index is 12.7. The molecule has 0 N–H and O–H groups in total. The van der Waals surface area contributed by atoms with Crippen LogP contribution >= 0.6 is 0 Å². The standard InChI is InChI=1S/C20H13F3N2O2/c21-20(22,23)16-4-1-5-17(11-16)25-12-14-6-8-18(9-7-14)27-19(26)15-3-2-10-24-13-15/h1-13H. The lowest BCUT2D eigenvalue weighted by Gasteiger charge is -2.06. The molecule has 136 valence electrons. The van der Waals surface area contributed by atoms with Crippen LogP contribution in [0.3, 0.4) is 0 Å². The Morgan fingerprint density at radius 2 is 1.81 bits per heavy atom. The number of benzene rings is 2. The first-order chi connectivity index (χ1) is 12.9. The summed E-state index contributed by atoms with van der Waals surface area (Å²) in [6.07, 6.45) is -0.0265. The molecule has 0 amide bonds. The molecule has 0 atom stereocenters. The number of alkyl halides is 3. The van der Waals surface area contributed by atoms with E-state index in [4.69, 9.17) is 4.74 Å². The Morgan fingerprint density at radius 3 is 2.48 bits per heavy atom. The van der Waals surface area contributed by atoms with Crippen LogP contribution in [-0.2, 0) is 6.18 Å². The highest BCUT2D eigenvalue weighted by atomic mass is 19.4. The average Bonchev–Trinajstić information content (AvgIpc) is 2.68. The molecule has 1 aromatic heterocycles. The van der Waals surface area contributed by atoms with Crippen molar-refractivity contribution in [2.45, 2.75) is 6.18 Å². The second-order valence-electron chi connectivity index (χ2n) is 5.51. The molecular formula is C20H13F3N2O2. The van der Waals surface area contributed by atoms with Gasteiger partial charge in [0.1, 0.15) is 5.75 Å². The molecule has 3 rings (SSSR count). The van der Waals surface area contributed by atoms with Crippen LogP contribution < -0.4 is 4.74 Å². The summed E-state index contributed by atoms with van der Waals surface area (Å²) in [5.41, 5.74) is 0.410. The molecule has 4 nitrogen and oxygen atoms in total. The zero-order chi connectivity index (χ0) is 19.3. The summed E-state index contributed by atoms with van der Waals surface area (Å²) in [6, 6.07) is 14.4. The second-order valence-corrected chi connectivity index (χ2v) is 5.51. The number of carbonyl (C=O) groups is 1. The summed E-state index contributed by atoms with van der Waals surface area (Å²) < 4.78 is 43.3. The van der Waals surface area contributed by atoms with Gasteiger partial charge >= 0.3 is 12.1 Å². The molecule has 0 aliphatic carbocycles. The van der Waals surface area contributed by atoms with E-state index in [-0.39, 0.29) is 5.69 Å². The molecule has 27 heavy (non-hydrogen) atoms. The predicted molar refractivity (Wildman–Crippen MR) is 94.3 cm³/mol. The Hall–Kier alpha value is -3.48. The lowest BCUT2D eigenvalue weighted by atomic mass is 10.2. The van der Waals surface area contributed by atoms with Crippen LogP contribution in [0.25, 0.3) is 0 Å². The van der Waals surface area contributed by atoms with E-state index in [2.05, 4.69) is 9.98 Å². The first-order valence-electron chi connectivity index (χ1n) is 7.85. The molecule has 0 saturated carbocycles. The highest BCUT2D eigenvalue weighted by molar-refractivity contribution is 5.90. The number of halogens is 3. The van der Waals surface area contributed by atoms with Crippen LogP contribution in [0.4, 0.5) is 18.9 Å². The largest absolute Gasteiger partial charge is 0.423 e. The third kappa shape index (κ3) is 5.01. The minimum atomic E-state index is -4.41. The number of carbonyl (C=O) groups excluding carboxylic acids is 1. The zero-order valence-electron chi connectivity index (χ0n) is 13.9. The van der Waals surface area contributed by atoms with Crippen LogP contribution in [0.5, 0.6) is 5.75 Å². The van der Waals surface area contributed by atoms with E-state index in [1.807, 2.05) is 0 Å². The topological polar surface area (TPSA) is 51.5 Å². The van der Waals surface area contributed by atoms with E-state index in [9.17, 15) is 18.0 Å². The summed E-state index contributed by atoms with van der Waals surface area (Å²) in [5, 5.41) is 0. The lowest BCUT2D eigenvalue weighted by Crippen LogP contribution is -2.08. The monoisotopic (exact) mass is 370 g/mol. The van der Waals surface area contributed by atoms with Crippen LogP contribution in [0.1, 0.15) is 21.5 Å². The van der Waals surface area contributed by atoms with E-state index < -0.39 is 17.7 Å². The molecule has 7 heteroatoms. The summed E-state index contributed by atoms with van der Waals surface area (Å²) in [6.45, 7) is 0. The number of hydrogen-bond acceptors (Lipinski definition) is 4. The fourth-order valence-corrected chi connectivity index (χ4v) is 2.18. The maximum Gasteiger partial charge on any atom is 0.416 e. The molecule has 0 radical (unpaired) electrons. The lowest BCUT2D eigenvalue weighted by molar-refractivity contribution is -0.137. The van der Waals surface area contributed by atoms with Gasteiger partial charge in [-0.05, 0) is 60.2 Å². The fourth-order valence-electron chi connectivity index (χ4n) is 2.18. The van der Waals surface area contributed by atoms with Gasteiger partial charge in [-0.25, -0.2) is 4.79 Å². The Balaban J connectivity index is 1.67. The summed E-state index contributed by atoms with van der Waals surface area (Å²) in [4.78, 5) is 19.8. The number of ether oxygens (including phenoxy) is 1.